The Balaban J connectivity index is 1.42. The Morgan fingerprint density at radius 3 is 2.66 bits per heavy atom. The number of aryl methyl sites for hydroxylation is 2. The van der Waals surface area contributed by atoms with Gasteiger partial charge in [0.05, 0.1) is 5.69 Å². The van der Waals surface area contributed by atoms with Crippen LogP contribution in [0.1, 0.15) is 33.5 Å². The zero-order valence-electron chi connectivity index (χ0n) is 17.9. The van der Waals surface area contributed by atoms with Crippen LogP contribution in [0.25, 0.3) is 11.3 Å². The Bertz CT molecular complexity index is 1280. The van der Waals surface area contributed by atoms with Crippen molar-refractivity contribution in [3.63, 3.8) is 0 Å². The molecule has 5 rings (SSSR count). The number of aromatic nitrogens is 2. The summed E-state index contributed by atoms with van der Waals surface area (Å²) in [5.41, 5.74) is 8.84. The van der Waals surface area contributed by atoms with Crippen molar-refractivity contribution in [1.82, 2.24) is 9.97 Å². The Labute approximate surface area is 187 Å². The van der Waals surface area contributed by atoms with Gasteiger partial charge in [-0.25, -0.2) is 9.97 Å². The maximum atomic E-state index is 13.1. The average molecular weight is 421 g/mol. The Hall–Kier alpha value is -3.99. The van der Waals surface area contributed by atoms with Crippen LogP contribution >= 0.6 is 0 Å². The molecule has 2 N–H and O–H groups in total. The first-order valence-corrected chi connectivity index (χ1v) is 10.8. The molecule has 0 bridgehead atoms. The largest absolute Gasteiger partial charge is 0.355 e. The van der Waals surface area contributed by atoms with Gasteiger partial charge < -0.3 is 10.6 Å². The van der Waals surface area contributed by atoms with E-state index >= 15 is 0 Å². The van der Waals surface area contributed by atoms with Crippen LogP contribution in [0.15, 0.2) is 79.3 Å². The Kier molecular flexibility index (Phi) is 5.38. The van der Waals surface area contributed by atoms with Crippen LogP contribution in [0.4, 0.5) is 17.1 Å². The van der Waals surface area contributed by atoms with Gasteiger partial charge in [0.2, 0.25) is 0 Å². The number of benzene rings is 3. The minimum atomic E-state index is -0.0996. The Morgan fingerprint density at radius 2 is 1.78 bits per heavy atom. The summed E-state index contributed by atoms with van der Waals surface area (Å²) in [6.07, 6.45) is 6.53. The lowest BCUT2D eigenvalue weighted by atomic mass is 10.1. The van der Waals surface area contributed by atoms with Gasteiger partial charge in [0, 0.05) is 34.4 Å². The molecule has 0 fully saturated rings. The first-order chi connectivity index (χ1) is 15.7. The number of amides is 1. The average Bonchev–Trinajstić information content (AvgIpc) is 3.31. The summed E-state index contributed by atoms with van der Waals surface area (Å²) in [7, 11) is 0. The van der Waals surface area contributed by atoms with Crippen molar-refractivity contribution in [3.8, 4) is 11.3 Å². The van der Waals surface area contributed by atoms with Crippen LogP contribution in [0.2, 0.25) is 0 Å². The minimum Gasteiger partial charge on any atom is -0.355 e. The van der Waals surface area contributed by atoms with Gasteiger partial charge in [0.15, 0.2) is 0 Å². The lowest BCUT2D eigenvalue weighted by Crippen LogP contribution is -2.13. The number of carbonyl (C=O) groups is 1. The molecular weight excluding hydrogens is 396 g/mol. The predicted octanol–water partition coefficient (Wildman–Crippen LogP) is 5.94. The smallest absolute Gasteiger partial charge is 0.255 e. The van der Waals surface area contributed by atoms with Crippen LogP contribution in [-0.4, -0.2) is 15.9 Å². The second-order valence-corrected chi connectivity index (χ2v) is 8.05. The normalized spacial score (nSPS) is 12.3. The predicted molar refractivity (Wildman–Crippen MR) is 128 cm³/mol. The van der Waals surface area contributed by atoms with Gasteiger partial charge in [-0.05, 0) is 73.2 Å². The van der Waals surface area contributed by atoms with Crippen LogP contribution in [0.3, 0.4) is 0 Å². The molecule has 5 nitrogen and oxygen atoms in total. The molecule has 5 heteroatoms. The highest BCUT2D eigenvalue weighted by Gasteiger charge is 2.17. The molecule has 1 aliphatic carbocycles. The van der Waals surface area contributed by atoms with Crippen molar-refractivity contribution in [3.05, 3.63) is 102 Å². The maximum Gasteiger partial charge on any atom is 0.255 e. The summed E-state index contributed by atoms with van der Waals surface area (Å²) >= 11 is 0. The summed E-state index contributed by atoms with van der Waals surface area (Å²) in [6.45, 7) is 2.03. The van der Waals surface area contributed by atoms with Crippen LogP contribution in [0, 0.1) is 6.92 Å². The second-order valence-electron chi connectivity index (χ2n) is 8.05. The van der Waals surface area contributed by atoms with Gasteiger partial charge in [-0.3, -0.25) is 4.79 Å². The second kappa shape index (κ2) is 8.63. The summed E-state index contributed by atoms with van der Waals surface area (Å²) in [5, 5.41) is 6.62. The molecule has 4 aromatic rings. The SMILES string of the molecule is Cc1ccc(C(=O)Nc2cccc3c2CCC3)cc1Nc1ccccc1-c1ccncn1. The molecule has 0 spiro atoms. The topological polar surface area (TPSA) is 66.9 Å². The van der Waals surface area contributed by atoms with Crippen LogP contribution < -0.4 is 10.6 Å². The molecule has 0 saturated carbocycles. The minimum absolute atomic E-state index is 0.0996. The summed E-state index contributed by atoms with van der Waals surface area (Å²) in [4.78, 5) is 21.5. The van der Waals surface area contributed by atoms with E-state index in [0.29, 0.717) is 5.56 Å². The standard InChI is InChI=1S/C27H24N4O/c1-18-12-13-20(27(32)31-24-11-5-7-19-6-4-9-21(19)24)16-26(18)30-25-10-3-2-8-22(25)23-14-15-28-17-29-23/h2-3,5,7-8,10-17,30H,4,6,9H2,1H3,(H,31,32). The van der Waals surface area contributed by atoms with Gasteiger partial charge in [-0.15, -0.1) is 0 Å². The molecular formula is C27H24N4O. The van der Waals surface area contributed by atoms with Crippen LogP contribution in [0.5, 0.6) is 0 Å². The van der Waals surface area contributed by atoms with Crippen LogP contribution in [-0.2, 0) is 12.8 Å². The van der Waals surface area contributed by atoms with Gasteiger partial charge >= 0.3 is 0 Å². The fourth-order valence-electron chi connectivity index (χ4n) is 4.24. The van der Waals surface area contributed by atoms with E-state index in [9.17, 15) is 4.79 Å². The summed E-state index contributed by atoms with van der Waals surface area (Å²) < 4.78 is 0. The molecule has 1 aliphatic rings. The van der Waals surface area contributed by atoms with E-state index in [4.69, 9.17) is 0 Å². The molecule has 0 radical (unpaired) electrons. The number of nitrogens with one attached hydrogen (secondary N) is 2. The molecule has 158 valence electrons. The number of anilines is 3. The zero-order chi connectivity index (χ0) is 21.9. The molecule has 3 aromatic carbocycles. The molecule has 32 heavy (non-hydrogen) atoms. The summed E-state index contributed by atoms with van der Waals surface area (Å²) in [6, 6.07) is 21.8. The number of fused-ring (bicyclic) bond motifs is 1. The highest BCUT2D eigenvalue weighted by molar-refractivity contribution is 6.05. The number of nitrogens with zero attached hydrogens (tertiary/aromatic N) is 2. The fraction of sp³-hybridized carbons (Fsp3) is 0.148. The number of hydrogen-bond acceptors (Lipinski definition) is 4. The fourth-order valence-corrected chi connectivity index (χ4v) is 4.24. The number of carbonyl (C=O) groups excluding carboxylic acids is 1. The monoisotopic (exact) mass is 420 g/mol. The van der Waals surface area contributed by atoms with E-state index in [1.165, 1.54) is 11.1 Å². The van der Waals surface area contributed by atoms with E-state index in [0.717, 1.165) is 53.1 Å². The van der Waals surface area contributed by atoms with Crippen molar-refractivity contribution < 1.29 is 4.79 Å². The first kappa shape index (κ1) is 19.9. The molecule has 0 aliphatic heterocycles. The van der Waals surface area contributed by atoms with Crippen molar-refractivity contribution in [2.24, 2.45) is 0 Å². The third kappa shape index (κ3) is 3.97. The number of hydrogen-bond donors (Lipinski definition) is 2. The Morgan fingerprint density at radius 1 is 0.906 bits per heavy atom. The van der Waals surface area contributed by atoms with Crippen molar-refractivity contribution >= 4 is 23.0 Å². The molecule has 0 atom stereocenters. The molecule has 1 amide bonds. The molecule has 1 aromatic heterocycles. The third-order valence-electron chi connectivity index (χ3n) is 5.95. The summed E-state index contributed by atoms with van der Waals surface area (Å²) in [5.74, 6) is -0.0996. The van der Waals surface area contributed by atoms with E-state index in [1.807, 2.05) is 67.6 Å². The van der Waals surface area contributed by atoms with Gasteiger partial charge in [-0.1, -0.05) is 36.4 Å². The van der Waals surface area contributed by atoms with Crippen molar-refractivity contribution in [2.45, 2.75) is 26.2 Å². The van der Waals surface area contributed by atoms with Gasteiger partial charge in [0.1, 0.15) is 6.33 Å². The number of rotatable bonds is 5. The van der Waals surface area contributed by atoms with Crippen molar-refractivity contribution in [1.29, 1.82) is 0 Å². The molecule has 0 unspecified atom stereocenters. The quantitative estimate of drug-likeness (QED) is 0.419. The number of para-hydroxylation sites is 1. The molecule has 0 saturated heterocycles. The lowest BCUT2D eigenvalue weighted by Gasteiger charge is -2.15. The first-order valence-electron chi connectivity index (χ1n) is 10.8. The van der Waals surface area contributed by atoms with E-state index < -0.39 is 0 Å². The van der Waals surface area contributed by atoms with Gasteiger partial charge in [0.25, 0.3) is 5.91 Å². The molecule has 1 heterocycles. The highest BCUT2D eigenvalue weighted by atomic mass is 16.1. The third-order valence-corrected chi connectivity index (χ3v) is 5.95. The van der Waals surface area contributed by atoms with Gasteiger partial charge in [-0.2, -0.15) is 0 Å². The van der Waals surface area contributed by atoms with Crippen molar-refractivity contribution in [2.75, 3.05) is 10.6 Å². The lowest BCUT2D eigenvalue weighted by molar-refractivity contribution is 0.102. The van der Waals surface area contributed by atoms with E-state index in [1.54, 1.807) is 12.5 Å². The maximum absolute atomic E-state index is 13.1. The zero-order valence-corrected chi connectivity index (χ0v) is 17.9. The highest BCUT2D eigenvalue weighted by Crippen LogP contribution is 2.31. The van der Waals surface area contributed by atoms with E-state index in [2.05, 4.69) is 26.7 Å². The van der Waals surface area contributed by atoms with E-state index in [-0.39, 0.29) is 5.91 Å².